The van der Waals surface area contributed by atoms with Gasteiger partial charge < -0.3 is 10.0 Å². The fraction of sp³-hybridized carbons (Fsp3) is 0.357. The highest BCUT2D eigenvalue weighted by Crippen LogP contribution is 2.43. The van der Waals surface area contributed by atoms with E-state index in [0.29, 0.717) is 16.3 Å². The Labute approximate surface area is 135 Å². The third-order valence-electron chi connectivity index (χ3n) is 3.75. The molecule has 1 aromatic rings. The van der Waals surface area contributed by atoms with E-state index in [0.717, 1.165) is 0 Å². The lowest BCUT2D eigenvalue weighted by Crippen LogP contribution is -2.75. The summed E-state index contributed by atoms with van der Waals surface area (Å²) in [6.07, 6.45) is 0. The molecule has 0 bridgehead atoms. The van der Waals surface area contributed by atoms with Crippen LogP contribution in [0.2, 0.25) is 0 Å². The number of carbonyl (C=O) groups is 3. The summed E-state index contributed by atoms with van der Waals surface area (Å²) in [5, 5.41) is 11.5. The van der Waals surface area contributed by atoms with E-state index in [4.69, 9.17) is 0 Å². The Morgan fingerprint density at radius 2 is 2.23 bits per heavy atom. The molecule has 3 rings (SSSR count). The van der Waals surface area contributed by atoms with Crippen molar-refractivity contribution < 1.29 is 19.5 Å². The highest BCUT2D eigenvalue weighted by molar-refractivity contribution is 8.00. The summed E-state index contributed by atoms with van der Waals surface area (Å²) < 4.78 is 0. The Morgan fingerprint density at radius 3 is 2.77 bits per heavy atom. The van der Waals surface area contributed by atoms with Crippen LogP contribution in [-0.4, -0.2) is 51.0 Å². The van der Waals surface area contributed by atoms with Gasteiger partial charge in [0.25, 0.3) is 5.91 Å². The van der Waals surface area contributed by atoms with Gasteiger partial charge in [-0.3, -0.25) is 14.5 Å². The molecule has 1 aromatic heterocycles. The summed E-state index contributed by atoms with van der Waals surface area (Å²) >= 11 is 2.83. The lowest BCUT2D eigenvalue weighted by atomic mass is 9.97. The highest BCUT2D eigenvalue weighted by atomic mass is 32.2. The molecule has 2 amide bonds. The number of anilines is 1. The minimum absolute atomic E-state index is 0.225. The van der Waals surface area contributed by atoms with Gasteiger partial charge in [-0.05, 0) is 23.1 Å². The van der Waals surface area contributed by atoms with Gasteiger partial charge in [-0.15, -0.1) is 23.1 Å². The molecule has 6 nitrogen and oxygen atoms in total. The van der Waals surface area contributed by atoms with E-state index in [2.05, 4.69) is 6.58 Å². The second-order valence-corrected chi connectivity index (χ2v) is 7.16. The number of carboxylic acid groups (broad SMARTS) is 1. The average Bonchev–Trinajstić information content (AvgIpc) is 2.97. The van der Waals surface area contributed by atoms with Crippen molar-refractivity contribution in [2.75, 3.05) is 10.7 Å². The Morgan fingerprint density at radius 1 is 1.50 bits per heavy atom. The molecule has 0 radical (unpaired) electrons. The van der Waals surface area contributed by atoms with Crippen LogP contribution in [0.4, 0.5) is 5.00 Å². The quantitative estimate of drug-likeness (QED) is 0.666. The Hall–Kier alpha value is -1.80. The summed E-state index contributed by atoms with van der Waals surface area (Å²) in [5.74, 6) is -1.17. The maximum absolute atomic E-state index is 12.5. The number of thiophene rings is 1. The molecule has 3 heterocycles. The van der Waals surface area contributed by atoms with E-state index in [9.17, 15) is 19.5 Å². The van der Waals surface area contributed by atoms with Crippen LogP contribution in [0, 0.1) is 0 Å². The van der Waals surface area contributed by atoms with Crippen molar-refractivity contribution in [3.63, 3.8) is 0 Å². The number of carbonyl (C=O) groups excluding carboxylic acids is 2. The second kappa shape index (κ2) is 5.44. The van der Waals surface area contributed by atoms with E-state index < -0.39 is 18.1 Å². The first-order valence-electron chi connectivity index (χ1n) is 6.61. The van der Waals surface area contributed by atoms with Gasteiger partial charge in [0.1, 0.15) is 11.4 Å². The largest absolute Gasteiger partial charge is 0.479 e. The first kappa shape index (κ1) is 15.1. The van der Waals surface area contributed by atoms with Gasteiger partial charge in [0.05, 0.1) is 5.00 Å². The number of fused-ring (bicyclic) bond motifs is 1. The molecule has 0 spiro atoms. The minimum Gasteiger partial charge on any atom is -0.479 e. The van der Waals surface area contributed by atoms with Crippen LogP contribution in [0.5, 0.6) is 0 Å². The monoisotopic (exact) mass is 338 g/mol. The van der Waals surface area contributed by atoms with Gasteiger partial charge in [-0.2, -0.15) is 0 Å². The lowest BCUT2D eigenvalue weighted by molar-refractivity contribution is -0.158. The summed E-state index contributed by atoms with van der Waals surface area (Å²) in [5.41, 5.74) is 0.506. The first-order chi connectivity index (χ1) is 10.4. The molecule has 22 heavy (non-hydrogen) atoms. The molecule has 2 unspecified atom stereocenters. The van der Waals surface area contributed by atoms with Crippen LogP contribution in [0.3, 0.4) is 0 Å². The topological polar surface area (TPSA) is 77.9 Å². The number of rotatable bonds is 3. The predicted molar refractivity (Wildman–Crippen MR) is 84.9 cm³/mol. The zero-order valence-electron chi connectivity index (χ0n) is 11.8. The predicted octanol–water partition coefficient (Wildman–Crippen LogP) is 1.39. The van der Waals surface area contributed by atoms with Crippen molar-refractivity contribution >= 4 is 45.9 Å². The normalized spacial score (nSPS) is 27.1. The van der Waals surface area contributed by atoms with Crippen LogP contribution in [0.25, 0.3) is 0 Å². The van der Waals surface area contributed by atoms with Gasteiger partial charge in [0.2, 0.25) is 5.91 Å². The van der Waals surface area contributed by atoms with Crippen molar-refractivity contribution in [3.8, 4) is 0 Å². The maximum Gasteiger partial charge on any atom is 0.330 e. The van der Waals surface area contributed by atoms with Crippen molar-refractivity contribution in [3.05, 3.63) is 29.7 Å². The van der Waals surface area contributed by atoms with Crippen LogP contribution < -0.4 is 4.90 Å². The Balaban J connectivity index is 1.92. The minimum atomic E-state index is -1.08. The molecular weight excluding hydrogens is 324 g/mol. The third kappa shape index (κ3) is 2.14. The first-order valence-corrected chi connectivity index (χ1v) is 8.54. The van der Waals surface area contributed by atoms with Crippen molar-refractivity contribution in [1.82, 2.24) is 4.90 Å². The second-order valence-electron chi connectivity index (χ2n) is 5.13. The van der Waals surface area contributed by atoms with Crippen molar-refractivity contribution in [1.29, 1.82) is 0 Å². The van der Waals surface area contributed by atoms with Gasteiger partial charge in [-0.1, -0.05) is 6.58 Å². The number of hydrogen-bond acceptors (Lipinski definition) is 5. The molecule has 0 aliphatic carbocycles. The standard InChI is InChI=1S/C14H14N2O4S2/c1-7-6-22-13-11(12(18)16(13)10(7)14(19)20)15(8(2)17)9-4-3-5-21-9/h3-5,10-11,13H,1,6H2,2H3,(H,19,20)/t10?,11?,13-/m1/s1. The Kier molecular flexibility index (Phi) is 3.73. The van der Waals surface area contributed by atoms with Crippen LogP contribution in [0.15, 0.2) is 29.7 Å². The van der Waals surface area contributed by atoms with Gasteiger partial charge >= 0.3 is 5.97 Å². The molecule has 8 heteroatoms. The summed E-state index contributed by atoms with van der Waals surface area (Å²) in [7, 11) is 0. The molecule has 0 saturated carbocycles. The summed E-state index contributed by atoms with van der Waals surface area (Å²) in [4.78, 5) is 38.7. The molecule has 2 aliphatic rings. The van der Waals surface area contributed by atoms with E-state index in [1.54, 1.807) is 6.07 Å². The van der Waals surface area contributed by atoms with E-state index in [1.165, 1.54) is 39.8 Å². The third-order valence-corrected chi connectivity index (χ3v) is 5.98. The van der Waals surface area contributed by atoms with Crippen molar-refractivity contribution in [2.45, 2.75) is 24.4 Å². The number of hydrogen-bond donors (Lipinski definition) is 1. The lowest BCUT2D eigenvalue weighted by Gasteiger charge is -2.54. The molecule has 2 aliphatic heterocycles. The van der Waals surface area contributed by atoms with Crippen LogP contribution in [0.1, 0.15) is 6.92 Å². The highest BCUT2D eigenvalue weighted by Gasteiger charge is 2.58. The fourth-order valence-electron chi connectivity index (χ4n) is 2.81. The SMILES string of the molecule is C=C1CS[C@@H]2C(N(C(C)=O)c3cccs3)C(=O)N2C1C(=O)O. The molecule has 2 fully saturated rings. The van der Waals surface area contributed by atoms with Crippen LogP contribution >= 0.6 is 23.1 Å². The smallest absolute Gasteiger partial charge is 0.330 e. The molecule has 0 aromatic carbocycles. The Bertz CT molecular complexity index is 658. The number of β-lactam (4-membered cyclic amide) rings is 1. The number of amides is 2. The zero-order valence-corrected chi connectivity index (χ0v) is 13.4. The van der Waals surface area contributed by atoms with Crippen LogP contribution in [-0.2, 0) is 14.4 Å². The molecule has 116 valence electrons. The number of thioether (sulfide) groups is 1. The van der Waals surface area contributed by atoms with E-state index in [-0.39, 0.29) is 17.2 Å². The molecule has 1 N–H and O–H groups in total. The number of aliphatic carboxylic acids is 1. The maximum atomic E-state index is 12.5. The summed E-state index contributed by atoms with van der Waals surface area (Å²) in [6, 6.07) is 1.96. The zero-order chi connectivity index (χ0) is 16.0. The van der Waals surface area contributed by atoms with E-state index >= 15 is 0 Å². The molecule has 3 atom stereocenters. The number of nitrogens with zero attached hydrogens (tertiary/aromatic N) is 2. The average molecular weight is 338 g/mol. The van der Waals surface area contributed by atoms with E-state index in [1.807, 2.05) is 11.4 Å². The van der Waals surface area contributed by atoms with Crippen molar-refractivity contribution in [2.24, 2.45) is 0 Å². The molecule has 2 saturated heterocycles. The number of carboxylic acids is 1. The summed E-state index contributed by atoms with van der Waals surface area (Å²) in [6.45, 7) is 5.16. The van der Waals surface area contributed by atoms with Gasteiger partial charge in [0, 0.05) is 12.7 Å². The van der Waals surface area contributed by atoms with Gasteiger partial charge in [0.15, 0.2) is 6.04 Å². The van der Waals surface area contributed by atoms with Gasteiger partial charge in [-0.25, -0.2) is 4.79 Å². The molecular formula is C14H14N2O4S2. The fourth-order valence-corrected chi connectivity index (χ4v) is 4.97.